The topological polar surface area (TPSA) is 29.1 Å². The van der Waals surface area contributed by atoms with E-state index in [4.69, 9.17) is 0 Å². The SMILES string of the molecule is CCC(CC)C(C)NC(=O)C1CC1. The van der Waals surface area contributed by atoms with Crippen molar-refractivity contribution in [1.29, 1.82) is 0 Å². The van der Waals surface area contributed by atoms with Crippen molar-refractivity contribution in [3.8, 4) is 0 Å². The quantitative estimate of drug-likeness (QED) is 0.696. The largest absolute Gasteiger partial charge is 0.353 e. The Hall–Kier alpha value is -0.530. The highest BCUT2D eigenvalue weighted by Crippen LogP contribution is 2.29. The molecule has 1 fully saturated rings. The highest BCUT2D eigenvalue weighted by atomic mass is 16.2. The van der Waals surface area contributed by atoms with Crippen LogP contribution in [0.15, 0.2) is 0 Å². The average molecular weight is 183 g/mol. The summed E-state index contributed by atoms with van der Waals surface area (Å²) in [6, 6.07) is 0.350. The minimum Gasteiger partial charge on any atom is -0.353 e. The number of nitrogens with one attached hydrogen (secondary N) is 1. The van der Waals surface area contributed by atoms with Crippen LogP contribution in [0.1, 0.15) is 46.5 Å². The van der Waals surface area contributed by atoms with Crippen molar-refractivity contribution in [3.05, 3.63) is 0 Å². The third-order valence-electron chi connectivity index (χ3n) is 3.07. The van der Waals surface area contributed by atoms with Gasteiger partial charge in [-0.15, -0.1) is 0 Å². The number of carbonyl (C=O) groups excluding carboxylic acids is 1. The maximum absolute atomic E-state index is 11.4. The fourth-order valence-electron chi connectivity index (χ4n) is 1.80. The summed E-state index contributed by atoms with van der Waals surface area (Å²) in [5, 5.41) is 3.10. The molecule has 2 nitrogen and oxygen atoms in total. The number of carbonyl (C=O) groups is 1. The van der Waals surface area contributed by atoms with Gasteiger partial charge in [0.1, 0.15) is 0 Å². The van der Waals surface area contributed by atoms with Crippen molar-refractivity contribution in [1.82, 2.24) is 5.32 Å². The maximum atomic E-state index is 11.4. The molecule has 1 saturated carbocycles. The summed E-state index contributed by atoms with van der Waals surface area (Å²) in [5.74, 6) is 1.26. The summed E-state index contributed by atoms with van der Waals surface area (Å²) in [6.07, 6.45) is 4.51. The van der Waals surface area contributed by atoms with E-state index in [1.807, 2.05) is 0 Å². The highest BCUT2D eigenvalue weighted by Gasteiger charge is 2.30. The molecule has 1 N–H and O–H groups in total. The van der Waals surface area contributed by atoms with Gasteiger partial charge in [-0.05, 0) is 25.7 Å². The van der Waals surface area contributed by atoms with Crippen LogP contribution in [-0.4, -0.2) is 11.9 Å². The van der Waals surface area contributed by atoms with Gasteiger partial charge in [-0.3, -0.25) is 4.79 Å². The number of amides is 1. The molecule has 0 spiro atoms. The van der Waals surface area contributed by atoms with E-state index >= 15 is 0 Å². The van der Waals surface area contributed by atoms with Crippen LogP contribution in [0.3, 0.4) is 0 Å². The van der Waals surface area contributed by atoms with E-state index in [0.717, 1.165) is 25.7 Å². The predicted octanol–water partition coefficient (Wildman–Crippen LogP) is 2.34. The molecule has 1 aliphatic rings. The third kappa shape index (κ3) is 3.02. The van der Waals surface area contributed by atoms with Gasteiger partial charge in [-0.1, -0.05) is 26.7 Å². The minimum atomic E-state index is 0.277. The number of hydrogen-bond donors (Lipinski definition) is 1. The summed E-state index contributed by atoms with van der Waals surface area (Å²) in [7, 11) is 0. The lowest BCUT2D eigenvalue weighted by Crippen LogP contribution is -2.38. The monoisotopic (exact) mass is 183 g/mol. The van der Waals surface area contributed by atoms with Gasteiger partial charge < -0.3 is 5.32 Å². The molecule has 76 valence electrons. The molecule has 0 bridgehead atoms. The Morgan fingerprint density at radius 3 is 2.31 bits per heavy atom. The first-order valence-corrected chi connectivity index (χ1v) is 5.49. The molecule has 0 radical (unpaired) electrons. The molecule has 0 heterocycles. The van der Waals surface area contributed by atoms with Crippen molar-refractivity contribution in [3.63, 3.8) is 0 Å². The first kappa shape index (κ1) is 10.6. The van der Waals surface area contributed by atoms with Crippen LogP contribution >= 0.6 is 0 Å². The number of rotatable bonds is 5. The standard InChI is InChI=1S/C11H21NO/c1-4-9(5-2)8(3)12-11(13)10-6-7-10/h8-10H,4-7H2,1-3H3,(H,12,13). The van der Waals surface area contributed by atoms with Gasteiger partial charge in [0.15, 0.2) is 0 Å². The molecule has 1 unspecified atom stereocenters. The second kappa shape index (κ2) is 4.64. The molecule has 1 amide bonds. The van der Waals surface area contributed by atoms with E-state index < -0.39 is 0 Å². The fraction of sp³-hybridized carbons (Fsp3) is 0.909. The fourth-order valence-corrected chi connectivity index (χ4v) is 1.80. The Morgan fingerprint density at radius 1 is 1.38 bits per heavy atom. The minimum absolute atomic E-state index is 0.277. The summed E-state index contributed by atoms with van der Waals surface area (Å²) >= 11 is 0. The van der Waals surface area contributed by atoms with Crippen LogP contribution in [-0.2, 0) is 4.79 Å². The van der Waals surface area contributed by atoms with E-state index in [-0.39, 0.29) is 5.91 Å². The van der Waals surface area contributed by atoms with Gasteiger partial charge in [-0.25, -0.2) is 0 Å². The lowest BCUT2D eigenvalue weighted by molar-refractivity contribution is -0.123. The van der Waals surface area contributed by atoms with E-state index in [2.05, 4.69) is 26.1 Å². The van der Waals surface area contributed by atoms with Crippen LogP contribution in [0.2, 0.25) is 0 Å². The van der Waals surface area contributed by atoms with Crippen molar-refractivity contribution >= 4 is 5.91 Å². The zero-order valence-corrected chi connectivity index (χ0v) is 8.97. The lowest BCUT2D eigenvalue weighted by Gasteiger charge is -2.22. The van der Waals surface area contributed by atoms with Gasteiger partial charge in [-0.2, -0.15) is 0 Å². The van der Waals surface area contributed by atoms with Gasteiger partial charge in [0, 0.05) is 12.0 Å². The molecule has 13 heavy (non-hydrogen) atoms. The van der Waals surface area contributed by atoms with Gasteiger partial charge in [0.05, 0.1) is 0 Å². The van der Waals surface area contributed by atoms with E-state index in [1.165, 1.54) is 0 Å². The van der Waals surface area contributed by atoms with Crippen LogP contribution in [0.25, 0.3) is 0 Å². The Morgan fingerprint density at radius 2 is 1.92 bits per heavy atom. The van der Waals surface area contributed by atoms with E-state index in [1.54, 1.807) is 0 Å². The molecule has 0 aromatic heterocycles. The van der Waals surface area contributed by atoms with Crippen LogP contribution in [0.4, 0.5) is 0 Å². The zero-order valence-electron chi connectivity index (χ0n) is 8.97. The Labute approximate surface area is 81.1 Å². The Balaban J connectivity index is 2.29. The molecule has 0 aromatic rings. The van der Waals surface area contributed by atoms with E-state index in [0.29, 0.717) is 17.9 Å². The molecular weight excluding hydrogens is 162 g/mol. The van der Waals surface area contributed by atoms with Crippen molar-refractivity contribution in [2.24, 2.45) is 11.8 Å². The van der Waals surface area contributed by atoms with Gasteiger partial charge in [0.2, 0.25) is 5.91 Å². The average Bonchev–Trinajstić information content (AvgIpc) is 2.88. The zero-order chi connectivity index (χ0) is 9.84. The van der Waals surface area contributed by atoms with Crippen molar-refractivity contribution in [2.45, 2.75) is 52.5 Å². The summed E-state index contributed by atoms with van der Waals surface area (Å²) in [6.45, 7) is 6.50. The highest BCUT2D eigenvalue weighted by molar-refractivity contribution is 5.81. The van der Waals surface area contributed by atoms with Gasteiger partial charge >= 0.3 is 0 Å². The Kier molecular flexibility index (Phi) is 3.76. The molecule has 2 heteroatoms. The van der Waals surface area contributed by atoms with Crippen LogP contribution < -0.4 is 5.32 Å². The molecule has 1 aliphatic carbocycles. The molecule has 0 aliphatic heterocycles. The van der Waals surface area contributed by atoms with Crippen LogP contribution in [0, 0.1) is 11.8 Å². The van der Waals surface area contributed by atoms with Crippen molar-refractivity contribution < 1.29 is 4.79 Å². The third-order valence-corrected chi connectivity index (χ3v) is 3.07. The molecule has 0 saturated heterocycles. The predicted molar refractivity (Wildman–Crippen MR) is 54.4 cm³/mol. The first-order chi connectivity index (χ1) is 6.19. The normalized spacial score (nSPS) is 18.8. The smallest absolute Gasteiger partial charge is 0.223 e. The molecule has 0 aromatic carbocycles. The summed E-state index contributed by atoms with van der Waals surface area (Å²) < 4.78 is 0. The first-order valence-electron chi connectivity index (χ1n) is 5.49. The number of hydrogen-bond acceptors (Lipinski definition) is 1. The van der Waals surface area contributed by atoms with Crippen molar-refractivity contribution in [2.75, 3.05) is 0 Å². The van der Waals surface area contributed by atoms with Gasteiger partial charge in [0.25, 0.3) is 0 Å². The summed E-state index contributed by atoms with van der Waals surface area (Å²) in [4.78, 5) is 11.4. The lowest BCUT2D eigenvalue weighted by atomic mass is 9.95. The van der Waals surface area contributed by atoms with E-state index in [9.17, 15) is 4.79 Å². The Bertz CT molecular complexity index is 171. The second-order valence-corrected chi connectivity index (χ2v) is 4.15. The maximum Gasteiger partial charge on any atom is 0.223 e. The molecule has 1 atom stereocenters. The summed E-state index contributed by atoms with van der Waals surface area (Å²) in [5.41, 5.74) is 0. The molecular formula is C11H21NO. The molecule has 1 rings (SSSR count). The van der Waals surface area contributed by atoms with Crippen LogP contribution in [0.5, 0.6) is 0 Å². The second-order valence-electron chi connectivity index (χ2n) is 4.15.